The largest absolute Gasteiger partial charge is 0.382 e. The molecule has 1 unspecified atom stereocenters. The van der Waals surface area contributed by atoms with Crippen molar-refractivity contribution in [3.63, 3.8) is 0 Å². The predicted molar refractivity (Wildman–Crippen MR) is 86.8 cm³/mol. The van der Waals surface area contributed by atoms with Crippen LogP contribution in [0.5, 0.6) is 0 Å². The Labute approximate surface area is 133 Å². The van der Waals surface area contributed by atoms with Gasteiger partial charge >= 0.3 is 0 Å². The van der Waals surface area contributed by atoms with Gasteiger partial charge in [0.2, 0.25) is 5.91 Å². The van der Waals surface area contributed by atoms with Crippen molar-refractivity contribution in [3.8, 4) is 0 Å². The maximum atomic E-state index is 12.5. The zero-order chi connectivity index (χ0) is 15.8. The minimum atomic E-state index is 0.0875. The molecule has 0 radical (unpaired) electrons. The summed E-state index contributed by atoms with van der Waals surface area (Å²) in [5.41, 5.74) is 2.48. The molecular formula is C18H27NO3. The van der Waals surface area contributed by atoms with Crippen LogP contribution in [0.15, 0.2) is 24.3 Å². The van der Waals surface area contributed by atoms with Crippen molar-refractivity contribution in [2.45, 2.75) is 38.6 Å². The van der Waals surface area contributed by atoms with Gasteiger partial charge in [-0.25, -0.2) is 0 Å². The predicted octanol–water partition coefficient (Wildman–Crippen LogP) is 3.10. The maximum absolute atomic E-state index is 12.5. The van der Waals surface area contributed by atoms with Gasteiger partial charge < -0.3 is 14.4 Å². The van der Waals surface area contributed by atoms with E-state index in [1.54, 1.807) is 7.11 Å². The second-order valence-corrected chi connectivity index (χ2v) is 5.91. The number of methoxy groups -OCH3 is 1. The Hall–Kier alpha value is -1.39. The zero-order valence-electron chi connectivity index (χ0n) is 13.7. The number of aryl methyl sites for hydroxylation is 1. The fourth-order valence-corrected chi connectivity index (χ4v) is 3.02. The average molecular weight is 305 g/mol. The average Bonchev–Trinajstić information content (AvgIpc) is 2.77. The number of likely N-dealkylation sites (tertiary alicyclic amines) is 1. The molecule has 1 atom stereocenters. The molecule has 2 rings (SSSR count). The minimum Gasteiger partial charge on any atom is -0.382 e. The molecule has 4 heteroatoms. The molecule has 0 aliphatic carbocycles. The van der Waals surface area contributed by atoms with Crippen LogP contribution in [-0.2, 0) is 14.3 Å². The summed E-state index contributed by atoms with van der Waals surface area (Å²) in [6, 6.07) is 8.69. The van der Waals surface area contributed by atoms with E-state index in [1.807, 2.05) is 4.90 Å². The summed E-state index contributed by atoms with van der Waals surface area (Å²) in [4.78, 5) is 14.6. The molecule has 1 saturated heterocycles. The van der Waals surface area contributed by atoms with Crippen LogP contribution in [0.4, 0.5) is 0 Å². The van der Waals surface area contributed by atoms with Gasteiger partial charge in [0.05, 0.1) is 19.3 Å². The van der Waals surface area contributed by atoms with Crippen molar-refractivity contribution in [2.75, 3.05) is 33.5 Å². The van der Waals surface area contributed by atoms with Gasteiger partial charge in [0.25, 0.3) is 0 Å². The van der Waals surface area contributed by atoms with Gasteiger partial charge in [0, 0.05) is 13.7 Å². The third kappa shape index (κ3) is 4.82. The highest BCUT2D eigenvalue weighted by Crippen LogP contribution is 2.30. The highest BCUT2D eigenvalue weighted by Gasteiger charge is 2.26. The molecule has 1 aromatic carbocycles. The molecular weight excluding hydrogens is 278 g/mol. The summed E-state index contributed by atoms with van der Waals surface area (Å²) in [5, 5.41) is 0. The van der Waals surface area contributed by atoms with Gasteiger partial charge in [-0.1, -0.05) is 42.7 Å². The molecule has 0 spiro atoms. The molecule has 1 heterocycles. The van der Waals surface area contributed by atoms with Crippen LogP contribution in [0.1, 0.15) is 42.9 Å². The monoisotopic (exact) mass is 305 g/mol. The van der Waals surface area contributed by atoms with E-state index in [-0.39, 0.29) is 18.6 Å². The van der Waals surface area contributed by atoms with Gasteiger partial charge in [0.1, 0.15) is 6.61 Å². The first-order valence-electron chi connectivity index (χ1n) is 8.15. The number of nitrogens with zero attached hydrogens (tertiary/aromatic N) is 1. The summed E-state index contributed by atoms with van der Waals surface area (Å²) in [6.07, 6.45) is 4.48. The van der Waals surface area contributed by atoms with Crippen molar-refractivity contribution >= 4 is 5.91 Å². The Morgan fingerprint density at radius 1 is 1.27 bits per heavy atom. The van der Waals surface area contributed by atoms with E-state index in [0.717, 1.165) is 19.4 Å². The molecule has 0 aromatic heterocycles. The second kappa shape index (κ2) is 8.91. The first kappa shape index (κ1) is 17.0. The summed E-state index contributed by atoms with van der Waals surface area (Å²) < 4.78 is 10.4. The van der Waals surface area contributed by atoms with Crippen LogP contribution in [0.3, 0.4) is 0 Å². The van der Waals surface area contributed by atoms with Crippen molar-refractivity contribution < 1.29 is 14.3 Å². The number of amides is 1. The number of carbonyl (C=O) groups is 1. The van der Waals surface area contributed by atoms with E-state index >= 15 is 0 Å². The van der Waals surface area contributed by atoms with E-state index < -0.39 is 0 Å². The van der Waals surface area contributed by atoms with Crippen molar-refractivity contribution in [1.82, 2.24) is 4.90 Å². The van der Waals surface area contributed by atoms with Crippen LogP contribution in [0.2, 0.25) is 0 Å². The van der Waals surface area contributed by atoms with E-state index in [4.69, 9.17) is 9.47 Å². The molecule has 22 heavy (non-hydrogen) atoms. The van der Waals surface area contributed by atoms with Crippen LogP contribution in [-0.4, -0.2) is 44.3 Å². The van der Waals surface area contributed by atoms with E-state index in [9.17, 15) is 4.79 Å². The Bertz CT molecular complexity index is 475. The standard InChI is InChI=1S/C18H27NO3/c1-15-7-6-8-16(13-15)17-9-4-3-5-10-19(17)18(20)14-22-12-11-21-2/h6-8,13,17H,3-5,9-12,14H2,1-2H3. The summed E-state index contributed by atoms with van der Waals surface area (Å²) in [5.74, 6) is 0.0875. The second-order valence-electron chi connectivity index (χ2n) is 5.91. The highest BCUT2D eigenvalue weighted by molar-refractivity contribution is 5.78. The Morgan fingerprint density at radius 3 is 2.91 bits per heavy atom. The number of benzene rings is 1. The lowest BCUT2D eigenvalue weighted by atomic mass is 9.99. The van der Waals surface area contributed by atoms with Crippen LogP contribution < -0.4 is 0 Å². The first-order valence-corrected chi connectivity index (χ1v) is 8.15. The Morgan fingerprint density at radius 2 is 2.14 bits per heavy atom. The molecule has 0 bridgehead atoms. The molecule has 1 aromatic rings. The van der Waals surface area contributed by atoms with Gasteiger partial charge in [-0.15, -0.1) is 0 Å². The molecule has 0 N–H and O–H groups in total. The van der Waals surface area contributed by atoms with Crippen molar-refractivity contribution in [3.05, 3.63) is 35.4 Å². The molecule has 1 aliphatic rings. The van der Waals surface area contributed by atoms with Gasteiger partial charge in [0.15, 0.2) is 0 Å². The quantitative estimate of drug-likeness (QED) is 0.758. The lowest BCUT2D eigenvalue weighted by molar-refractivity contribution is -0.139. The van der Waals surface area contributed by atoms with Gasteiger partial charge in [-0.2, -0.15) is 0 Å². The number of rotatable bonds is 6. The van der Waals surface area contributed by atoms with Gasteiger partial charge in [-0.3, -0.25) is 4.79 Å². The SMILES string of the molecule is COCCOCC(=O)N1CCCCCC1c1cccc(C)c1. The Kier molecular flexibility index (Phi) is 6.87. The third-order valence-electron chi connectivity index (χ3n) is 4.16. The highest BCUT2D eigenvalue weighted by atomic mass is 16.5. The van der Waals surface area contributed by atoms with Crippen molar-refractivity contribution in [1.29, 1.82) is 0 Å². The maximum Gasteiger partial charge on any atom is 0.249 e. The molecule has 1 aliphatic heterocycles. The van der Waals surface area contributed by atoms with E-state index in [1.165, 1.54) is 24.0 Å². The Balaban J connectivity index is 2.05. The fourth-order valence-electron chi connectivity index (χ4n) is 3.02. The van der Waals surface area contributed by atoms with Gasteiger partial charge in [-0.05, 0) is 25.3 Å². The van der Waals surface area contributed by atoms with Crippen molar-refractivity contribution in [2.24, 2.45) is 0 Å². The fraction of sp³-hybridized carbons (Fsp3) is 0.611. The van der Waals surface area contributed by atoms with E-state index in [0.29, 0.717) is 13.2 Å². The summed E-state index contributed by atoms with van der Waals surface area (Å²) in [7, 11) is 1.63. The minimum absolute atomic E-state index is 0.0875. The zero-order valence-corrected chi connectivity index (χ0v) is 13.7. The first-order chi connectivity index (χ1) is 10.7. The lowest BCUT2D eigenvalue weighted by Gasteiger charge is -2.30. The number of ether oxygens (including phenoxy) is 2. The normalized spacial score (nSPS) is 19.0. The van der Waals surface area contributed by atoms with Crippen LogP contribution in [0, 0.1) is 6.92 Å². The summed E-state index contributed by atoms with van der Waals surface area (Å²) in [6.45, 7) is 4.05. The smallest absolute Gasteiger partial charge is 0.249 e. The van der Waals surface area contributed by atoms with Crippen LogP contribution >= 0.6 is 0 Å². The van der Waals surface area contributed by atoms with E-state index in [2.05, 4.69) is 31.2 Å². The molecule has 122 valence electrons. The molecule has 4 nitrogen and oxygen atoms in total. The molecule has 1 amide bonds. The van der Waals surface area contributed by atoms with Crippen LogP contribution in [0.25, 0.3) is 0 Å². The molecule has 0 saturated carbocycles. The molecule has 1 fully saturated rings. The number of carbonyl (C=O) groups excluding carboxylic acids is 1. The third-order valence-corrected chi connectivity index (χ3v) is 4.16. The summed E-state index contributed by atoms with van der Waals surface area (Å²) >= 11 is 0. The number of hydrogen-bond donors (Lipinski definition) is 0. The number of hydrogen-bond acceptors (Lipinski definition) is 3. The topological polar surface area (TPSA) is 38.8 Å². The lowest BCUT2D eigenvalue weighted by Crippen LogP contribution is -2.37.